The largest absolute Gasteiger partial charge is 0.323 e. The minimum absolute atomic E-state index is 0.0341. The number of hydrazine groups is 1. The van der Waals surface area contributed by atoms with Crippen molar-refractivity contribution in [1.29, 1.82) is 0 Å². The molecule has 2 aliphatic rings. The summed E-state index contributed by atoms with van der Waals surface area (Å²) in [5, 5.41) is 0. The minimum Gasteiger partial charge on any atom is -0.323 e. The fraction of sp³-hybridized carbons (Fsp3) is 0.364. The molecule has 2 heterocycles. The van der Waals surface area contributed by atoms with Gasteiger partial charge in [0, 0.05) is 25.4 Å². The number of rotatable bonds is 5. The van der Waals surface area contributed by atoms with Crippen LogP contribution >= 0.6 is 0 Å². The Labute approximate surface area is 174 Å². The summed E-state index contributed by atoms with van der Waals surface area (Å²) >= 11 is 0. The van der Waals surface area contributed by atoms with Crippen LogP contribution in [-0.4, -0.2) is 39.6 Å². The molecule has 156 valence electrons. The maximum atomic E-state index is 12.5. The maximum Gasteiger partial charge on any atom is 0.271 e. The van der Waals surface area contributed by atoms with Crippen LogP contribution in [0, 0.1) is 11.8 Å². The van der Waals surface area contributed by atoms with Crippen LogP contribution in [0.1, 0.15) is 42.5 Å². The Morgan fingerprint density at radius 2 is 1.53 bits per heavy atom. The molecule has 1 saturated carbocycles. The third-order valence-corrected chi connectivity index (χ3v) is 5.84. The molecular formula is C22H24N4O4. The zero-order chi connectivity index (χ0) is 21.1. The Morgan fingerprint density at radius 3 is 2.20 bits per heavy atom. The van der Waals surface area contributed by atoms with Gasteiger partial charge in [0.1, 0.15) is 0 Å². The second kappa shape index (κ2) is 8.52. The third kappa shape index (κ3) is 3.85. The van der Waals surface area contributed by atoms with E-state index in [1.165, 1.54) is 4.90 Å². The summed E-state index contributed by atoms with van der Waals surface area (Å²) < 4.78 is 1.81. The topological polar surface area (TPSA) is 101 Å². The monoisotopic (exact) mass is 408 g/mol. The number of likely N-dealkylation sites (tertiary alicyclic amines) is 1. The van der Waals surface area contributed by atoms with Crippen LogP contribution in [0.15, 0.2) is 48.8 Å². The van der Waals surface area contributed by atoms with Crippen LogP contribution in [0.3, 0.4) is 0 Å². The van der Waals surface area contributed by atoms with E-state index in [1.807, 2.05) is 30.6 Å². The van der Waals surface area contributed by atoms with Gasteiger partial charge in [-0.2, -0.15) is 0 Å². The first-order chi connectivity index (χ1) is 14.6. The molecule has 2 aromatic rings. The molecule has 1 saturated heterocycles. The van der Waals surface area contributed by atoms with Crippen molar-refractivity contribution in [3.63, 3.8) is 0 Å². The summed E-state index contributed by atoms with van der Waals surface area (Å²) in [6.45, 7) is 0.0341. The Morgan fingerprint density at radius 1 is 0.900 bits per heavy atom. The second-order valence-electron chi connectivity index (χ2n) is 7.69. The van der Waals surface area contributed by atoms with E-state index in [0.29, 0.717) is 11.3 Å². The molecule has 1 aromatic heterocycles. The van der Waals surface area contributed by atoms with Crippen LogP contribution in [-0.2, 0) is 14.4 Å². The van der Waals surface area contributed by atoms with Gasteiger partial charge in [0.2, 0.25) is 17.7 Å². The average Bonchev–Trinajstić information content (AvgIpc) is 3.39. The summed E-state index contributed by atoms with van der Waals surface area (Å²) in [5.74, 6) is -1.69. The van der Waals surface area contributed by atoms with Crippen LogP contribution in [0.2, 0.25) is 0 Å². The number of imide groups is 1. The summed E-state index contributed by atoms with van der Waals surface area (Å²) in [6.07, 6.45) is 7.01. The van der Waals surface area contributed by atoms with E-state index in [-0.39, 0.29) is 36.6 Å². The Kier molecular flexibility index (Phi) is 5.65. The van der Waals surface area contributed by atoms with Gasteiger partial charge >= 0.3 is 0 Å². The average molecular weight is 408 g/mol. The molecule has 4 amide bonds. The number of carbonyl (C=O) groups excluding carboxylic acids is 4. The summed E-state index contributed by atoms with van der Waals surface area (Å²) in [4.78, 5) is 50.9. The summed E-state index contributed by atoms with van der Waals surface area (Å²) in [5.41, 5.74) is 5.87. The molecule has 0 radical (unpaired) electrons. The Balaban J connectivity index is 1.31. The summed E-state index contributed by atoms with van der Waals surface area (Å²) in [6, 6.07) is 10.8. The van der Waals surface area contributed by atoms with Gasteiger partial charge in [0.15, 0.2) is 0 Å². The van der Waals surface area contributed by atoms with Crippen molar-refractivity contribution in [3.05, 3.63) is 54.4 Å². The lowest BCUT2D eigenvalue weighted by Gasteiger charge is -2.19. The van der Waals surface area contributed by atoms with Crippen molar-refractivity contribution in [3.8, 4) is 5.69 Å². The van der Waals surface area contributed by atoms with E-state index in [4.69, 9.17) is 0 Å². The second-order valence-corrected chi connectivity index (χ2v) is 7.69. The van der Waals surface area contributed by atoms with Gasteiger partial charge in [-0.3, -0.25) is 34.9 Å². The molecular weight excluding hydrogens is 384 g/mol. The van der Waals surface area contributed by atoms with E-state index >= 15 is 0 Å². The first-order valence-corrected chi connectivity index (χ1v) is 10.2. The lowest BCUT2D eigenvalue weighted by Crippen LogP contribution is -2.43. The number of hydrogen-bond donors (Lipinski definition) is 2. The normalized spacial score (nSPS) is 20.7. The van der Waals surface area contributed by atoms with Gasteiger partial charge in [-0.05, 0) is 37.1 Å². The molecule has 0 unspecified atom stereocenters. The van der Waals surface area contributed by atoms with Crippen molar-refractivity contribution in [2.45, 2.75) is 32.1 Å². The van der Waals surface area contributed by atoms with Gasteiger partial charge in [-0.15, -0.1) is 0 Å². The van der Waals surface area contributed by atoms with Crippen LogP contribution < -0.4 is 10.9 Å². The van der Waals surface area contributed by atoms with Crippen LogP contribution in [0.25, 0.3) is 5.69 Å². The molecule has 2 N–H and O–H groups in total. The standard InChI is InChI=1S/C22H24N4O4/c27-19(11-14-26-21(29)15-7-1-2-8-16(15)22(26)30)23-24-20(28)17-9-3-4-10-18(17)25-12-5-6-13-25/h3-6,9-10,12-13,15-16H,1-2,7-8,11,14H2,(H,23,27)(H,24,28)/t15-,16+. The Hall–Kier alpha value is -3.42. The molecule has 30 heavy (non-hydrogen) atoms. The first kappa shape index (κ1) is 19.9. The van der Waals surface area contributed by atoms with Gasteiger partial charge in [-0.1, -0.05) is 25.0 Å². The lowest BCUT2D eigenvalue weighted by atomic mass is 9.81. The molecule has 2 fully saturated rings. The molecule has 1 aliphatic heterocycles. The zero-order valence-corrected chi connectivity index (χ0v) is 16.5. The smallest absolute Gasteiger partial charge is 0.271 e. The van der Waals surface area contributed by atoms with Gasteiger partial charge < -0.3 is 4.57 Å². The fourth-order valence-corrected chi connectivity index (χ4v) is 4.31. The van der Waals surface area contributed by atoms with E-state index in [0.717, 1.165) is 25.7 Å². The van der Waals surface area contributed by atoms with Crippen molar-refractivity contribution >= 4 is 23.6 Å². The number of aromatic nitrogens is 1. The highest BCUT2D eigenvalue weighted by Gasteiger charge is 2.47. The number of benzene rings is 1. The van der Waals surface area contributed by atoms with Gasteiger partial charge in [0.25, 0.3) is 5.91 Å². The molecule has 0 spiro atoms. The number of carbonyl (C=O) groups is 4. The molecule has 1 aromatic carbocycles. The highest BCUT2D eigenvalue weighted by molar-refractivity contribution is 6.05. The Bertz CT molecular complexity index is 945. The number of para-hydroxylation sites is 1. The van der Waals surface area contributed by atoms with Gasteiger partial charge in [-0.25, -0.2) is 0 Å². The van der Waals surface area contributed by atoms with E-state index in [2.05, 4.69) is 10.9 Å². The minimum atomic E-state index is -0.461. The molecule has 2 atom stereocenters. The predicted octanol–water partition coefficient (Wildman–Crippen LogP) is 1.80. The van der Waals surface area contributed by atoms with Crippen molar-refractivity contribution in [1.82, 2.24) is 20.3 Å². The molecule has 4 rings (SSSR count). The first-order valence-electron chi connectivity index (χ1n) is 10.2. The highest BCUT2D eigenvalue weighted by atomic mass is 16.2. The number of amides is 4. The van der Waals surface area contributed by atoms with E-state index in [9.17, 15) is 19.2 Å². The maximum absolute atomic E-state index is 12.5. The molecule has 1 aliphatic carbocycles. The van der Waals surface area contributed by atoms with Crippen LogP contribution in [0.5, 0.6) is 0 Å². The quantitative estimate of drug-likeness (QED) is 0.582. The van der Waals surface area contributed by atoms with Gasteiger partial charge in [0.05, 0.1) is 23.1 Å². The predicted molar refractivity (Wildman–Crippen MR) is 108 cm³/mol. The van der Waals surface area contributed by atoms with E-state index < -0.39 is 11.8 Å². The zero-order valence-electron chi connectivity index (χ0n) is 16.5. The van der Waals surface area contributed by atoms with Crippen LogP contribution in [0.4, 0.5) is 0 Å². The lowest BCUT2D eigenvalue weighted by molar-refractivity contribution is -0.140. The third-order valence-electron chi connectivity index (χ3n) is 5.84. The van der Waals surface area contributed by atoms with Crippen molar-refractivity contribution in [2.24, 2.45) is 11.8 Å². The number of fused-ring (bicyclic) bond motifs is 1. The van der Waals surface area contributed by atoms with E-state index in [1.54, 1.807) is 22.8 Å². The number of nitrogens with one attached hydrogen (secondary N) is 2. The van der Waals surface area contributed by atoms with Crippen molar-refractivity contribution < 1.29 is 19.2 Å². The molecule has 0 bridgehead atoms. The summed E-state index contributed by atoms with van der Waals surface area (Å²) in [7, 11) is 0. The number of nitrogens with zero attached hydrogens (tertiary/aromatic N) is 2. The van der Waals surface area contributed by atoms with Crippen molar-refractivity contribution in [2.75, 3.05) is 6.54 Å². The fourth-order valence-electron chi connectivity index (χ4n) is 4.31. The highest BCUT2D eigenvalue weighted by Crippen LogP contribution is 2.37. The number of hydrogen-bond acceptors (Lipinski definition) is 4. The molecule has 8 heteroatoms. The molecule has 8 nitrogen and oxygen atoms in total. The SMILES string of the molecule is O=C(CCN1C(=O)[C@H]2CCCC[C@H]2C1=O)NNC(=O)c1ccccc1-n1cccc1.